The van der Waals surface area contributed by atoms with Crippen molar-refractivity contribution in [3.05, 3.63) is 40.3 Å². The molecule has 1 aliphatic rings. The lowest BCUT2D eigenvalue weighted by atomic mass is 10.1. The van der Waals surface area contributed by atoms with E-state index in [1.807, 2.05) is 19.1 Å². The van der Waals surface area contributed by atoms with Crippen molar-refractivity contribution in [1.29, 1.82) is 0 Å². The summed E-state index contributed by atoms with van der Waals surface area (Å²) >= 11 is 0. The number of rotatable bonds is 2. The highest BCUT2D eigenvalue weighted by atomic mass is 16.6. The average molecular weight is 315 g/mol. The molecule has 3 rings (SSSR count). The van der Waals surface area contributed by atoms with Crippen LogP contribution in [0.3, 0.4) is 0 Å². The second kappa shape index (κ2) is 6.07. The van der Waals surface area contributed by atoms with Gasteiger partial charge in [-0.15, -0.1) is 0 Å². The summed E-state index contributed by atoms with van der Waals surface area (Å²) in [6.07, 6.45) is 0.536. The minimum absolute atomic E-state index is 0.0282. The topological polar surface area (TPSA) is 97.6 Å². The van der Waals surface area contributed by atoms with Crippen molar-refractivity contribution >= 4 is 22.6 Å². The fourth-order valence-corrected chi connectivity index (χ4v) is 2.42. The maximum absolute atomic E-state index is 12.1. The first-order valence-electron chi connectivity index (χ1n) is 7.27. The van der Waals surface area contributed by atoms with E-state index in [1.54, 1.807) is 19.2 Å². The zero-order chi connectivity index (χ0) is 16.4. The fraction of sp³-hybridized carbons (Fsp3) is 0.333. The van der Waals surface area contributed by atoms with Crippen molar-refractivity contribution in [2.24, 2.45) is 12.2 Å². The van der Waals surface area contributed by atoms with E-state index in [0.717, 1.165) is 5.39 Å². The van der Waals surface area contributed by atoms with Crippen molar-refractivity contribution in [3.8, 4) is 0 Å². The SMILES string of the molecule is CC1CC(NC(=O)NCc2nn(C)c(=O)c3ccccc23)=NO1. The van der Waals surface area contributed by atoms with Crippen LogP contribution < -0.4 is 16.2 Å². The van der Waals surface area contributed by atoms with E-state index >= 15 is 0 Å². The van der Waals surface area contributed by atoms with E-state index < -0.39 is 0 Å². The Morgan fingerprint density at radius 1 is 1.39 bits per heavy atom. The molecule has 0 fully saturated rings. The van der Waals surface area contributed by atoms with Gasteiger partial charge in [-0.2, -0.15) is 5.10 Å². The van der Waals surface area contributed by atoms with E-state index in [-0.39, 0.29) is 24.2 Å². The number of carbonyl (C=O) groups excluding carboxylic acids is 1. The number of amides is 2. The maximum atomic E-state index is 12.1. The van der Waals surface area contributed by atoms with Crippen molar-refractivity contribution < 1.29 is 9.63 Å². The molecule has 1 aromatic carbocycles. The predicted octanol–water partition coefficient (Wildman–Crippen LogP) is 0.855. The Bertz CT molecular complexity index is 843. The highest BCUT2D eigenvalue weighted by molar-refractivity contribution is 5.98. The van der Waals surface area contributed by atoms with E-state index in [2.05, 4.69) is 20.9 Å². The number of amidine groups is 1. The second-order valence-corrected chi connectivity index (χ2v) is 5.39. The van der Waals surface area contributed by atoms with Crippen LogP contribution in [-0.4, -0.2) is 27.8 Å². The lowest BCUT2D eigenvalue weighted by Gasteiger charge is -2.09. The van der Waals surface area contributed by atoms with Crippen molar-refractivity contribution in [3.63, 3.8) is 0 Å². The quantitative estimate of drug-likeness (QED) is 0.858. The largest absolute Gasteiger partial charge is 0.391 e. The van der Waals surface area contributed by atoms with E-state index in [0.29, 0.717) is 23.3 Å². The number of urea groups is 1. The first-order chi connectivity index (χ1) is 11.0. The second-order valence-electron chi connectivity index (χ2n) is 5.39. The Hall–Kier alpha value is -2.90. The van der Waals surface area contributed by atoms with Gasteiger partial charge in [0.05, 0.1) is 17.6 Å². The fourth-order valence-electron chi connectivity index (χ4n) is 2.42. The number of nitrogens with one attached hydrogen (secondary N) is 2. The summed E-state index contributed by atoms with van der Waals surface area (Å²) in [6, 6.07) is 6.80. The van der Waals surface area contributed by atoms with Crippen LogP contribution in [0.5, 0.6) is 0 Å². The summed E-state index contributed by atoms with van der Waals surface area (Å²) in [5, 5.41) is 14.6. The number of benzene rings is 1. The van der Waals surface area contributed by atoms with Crippen LogP contribution in [0.4, 0.5) is 4.79 Å². The molecule has 0 saturated carbocycles. The Morgan fingerprint density at radius 3 is 2.83 bits per heavy atom. The molecule has 0 radical (unpaired) electrons. The summed E-state index contributed by atoms with van der Waals surface area (Å²) in [5.41, 5.74) is 0.455. The monoisotopic (exact) mass is 315 g/mol. The Kier molecular flexibility index (Phi) is 3.96. The Balaban J connectivity index is 1.73. The molecule has 1 aromatic heterocycles. The molecule has 1 atom stereocenters. The molecule has 120 valence electrons. The van der Waals surface area contributed by atoms with Crippen molar-refractivity contribution in [2.45, 2.75) is 26.0 Å². The van der Waals surface area contributed by atoms with Crippen molar-refractivity contribution in [1.82, 2.24) is 20.4 Å². The average Bonchev–Trinajstić information content (AvgIpc) is 2.94. The van der Waals surface area contributed by atoms with Crippen LogP contribution >= 0.6 is 0 Å². The van der Waals surface area contributed by atoms with E-state index in [9.17, 15) is 9.59 Å². The molecule has 1 unspecified atom stereocenters. The number of nitrogens with zero attached hydrogens (tertiary/aromatic N) is 3. The summed E-state index contributed by atoms with van der Waals surface area (Å²) < 4.78 is 1.27. The molecule has 2 heterocycles. The van der Waals surface area contributed by atoms with Gasteiger partial charge in [0.1, 0.15) is 6.10 Å². The highest BCUT2D eigenvalue weighted by Crippen LogP contribution is 2.12. The van der Waals surface area contributed by atoms with Crippen LogP contribution in [0, 0.1) is 0 Å². The number of hydrogen-bond donors (Lipinski definition) is 2. The molecular formula is C15H17N5O3. The number of aryl methyl sites for hydroxylation is 1. The van der Waals surface area contributed by atoms with Crippen LogP contribution in [0.15, 0.2) is 34.2 Å². The predicted molar refractivity (Wildman–Crippen MR) is 85.0 cm³/mol. The molecule has 23 heavy (non-hydrogen) atoms. The highest BCUT2D eigenvalue weighted by Gasteiger charge is 2.18. The summed E-state index contributed by atoms with van der Waals surface area (Å²) in [7, 11) is 1.59. The number of oxime groups is 1. The van der Waals surface area contributed by atoms with E-state index in [1.165, 1.54) is 4.68 Å². The maximum Gasteiger partial charge on any atom is 0.320 e. The van der Waals surface area contributed by atoms with Crippen LogP contribution in [0.1, 0.15) is 19.0 Å². The van der Waals surface area contributed by atoms with Crippen LogP contribution in [0.2, 0.25) is 0 Å². The molecule has 0 saturated heterocycles. The molecule has 1 aliphatic heterocycles. The molecule has 2 aromatic rings. The van der Waals surface area contributed by atoms with Gasteiger partial charge in [-0.3, -0.25) is 10.1 Å². The van der Waals surface area contributed by atoms with Crippen LogP contribution in [-0.2, 0) is 18.4 Å². The van der Waals surface area contributed by atoms with Gasteiger partial charge in [0.15, 0.2) is 5.84 Å². The first kappa shape index (κ1) is 15.0. The number of hydrogen-bond acceptors (Lipinski definition) is 5. The van der Waals surface area contributed by atoms with E-state index in [4.69, 9.17) is 4.84 Å². The first-order valence-corrected chi connectivity index (χ1v) is 7.27. The van der Waals surface area contributed by atoms with Gasteiger partial charge in [0.25, 0.3) is 5.56 Å². The minimum atomic E-state index is -0.388. The molecule has 0 bridgehead atoms. The molecule has 0 spiro atoms. The number of fused-ring (bicyclic) bond motifs is 1. The van der Waals surface area contributed by atoms with Gasteiger partial charge in [0.2, 0.25) is 0 Å². The van der Waals surface area contributed by atoms with Crippen LogP contribution in [0.25, 0.3) is 10.8 Å². The lowest BCUT2D eigenvalue weighted by Crippen LogP contribution is -2.39. The minimum Gasteiger partial charge on any atom is -0.391 e. The standard InChI is InChI=1S/C15H17N5O3/c1-9-7-13(19-23-9)17-15(22)16-8-12-10-5-3-4-6-11(10)14(21)20(2)18-12/h3-6,9H,7-8H2,1-2H3,(H2,16,17,19,22). The van der Waals surface area contributed by atoms with Gasteiger partial charge in [-0.25, -0.2) is 9.48 Å². The molecule has 8 heteroatoms. The van der Waals surface area contributed by atoms with Gasteiger partial charge >= 0.3 is 6.03 Å². The van der Waals surface area contributed by atoms with Gasteiger partial charge < -0.3 is 10.2 Å². The normalized spacial score (nSPS) is 16.8. The van der Waals surface area contributed by atoms with Gasteiger partial charge in [-0.05, 0) is 13.0 Å². The molecule has 0 aliphatic carbocycles. The third-order valence-electron chi connectivity index (χ3n) is 3.53. The number of aromatic nitrogens is 2. The summed E-state index contributed by atoms with van der Waals surface area (Å²) in [4.78, 5) is 29.0. The van der Waals surface area contributed by atoms with Gasteiger partial charge in [-0.1, -0.05) is 23.4 Å². The zero-order valence-electron chi connectivity index (χ0n) is 12.9. The Labute approximate surface area is 132 Å². The van der Waals surface area contributed by atoms with Gasteiger partial charge in [0, 0.05) is 18.9 Å². The Morgan fingerprint density at radius 2 is 2.13 bits per heavy atom. The third-order valence-corrected chi connectivity index (χ3v) is 3.53. The smallest absolute Gasteiger partial charge is 0.320 e. The molecule has 8 nitrogen and oxygen atoms in total. The number of carbonyl (C=O) groups is 1. The summed E-state index contributed by atoms with van der Waals surface area (Å²) in [6.45, 7) is 2.07. The third kappa shape index (κ3) is 3.15. The molecular weight excluding hydrogens is 298 g/mol. The summed E-state index contributed by atoms with van der Waals surface area (Å²) in [5.74, 6) is 0.494. The lowest BCUT2D eigenvalue weighted by molar-refractivity contribution is 0.0995. The molecule has 2 amide bonds. The zero-order valence-corrected chi connectivity index (χ0v) is 12.9. The molecule has 2 N–H and O–H groups in total. The van der Waals surface area contributed by atoms with Crippen molar-refractivity contribution in [2.75, 3.05) is 0 Å².